The molecule has 0 saturated carbocycles. The van der Waals surface area contributed by atoms with Crippen LogP contribution in [0.25, 0.3) is 34.0 Å². The number of rotatable bonds is 7. The SMILES string of the molecule is Cc1ccccc1-c1ccc(-c2nc(-c3cc(F)cc(CNC(C)(C)C(=O)[O-])c3)no2)cc1C(F)(F)F. The Morgan fingerprint density at radius 3 is 2.41 bits per heavy atom. The normalized spacial score (nSPS) is 12.1. The van der Waals surface area contributed by atoms with Gasteiger partial charge >= 0.3 is 6.18 Å². The molecule has 3 aromatic carbocycles. The lowest BCUT2D eigenvalue weighted by Crippen LogP contribution is -2.53. The van der Waals surface area contributed by atoms with Crippen LogP contribution in [-0.2, 0) is 17.5 Å². The number of aryl methyl sites for hydroxylation is 1. The smallest absolute Gasteiger partial charge is 0.417 e. The molecule has 6 nitrogen and oxygen atoms in total. The Kier molecular flexibility index (Phi) is 6.88. The molecule has 0 spiro atoms. The summed E-state index contributed by atoms with van der Waals surface area (Å²) in [4.78, 5) is 15.4. The quantitative estimate of drug-likeness (QED) is 0.344. The molecule has 0 amide bonds. The molecule has 0 aliphatic heterocycles. The third kappa shape index (κ3) is 5.69. The van der Waals surface area contributed by atoms with Crippen LogP contribution in [0.5, 0.6) is 0 Å². The average Bonchev–Trinajstić information content (AvgIpc) is 3.32. The number of aliphatic carboxylic acids is 1. The van der Waals surface area contributed by atoms with Crippen molar-refractivity contribution in [1.82, 2.24) is 15.5 Å². The van der Waals surface area contributed by atoms with Gasteiger partial charge in [0.1, 0.15) is 5.82 Å². The van der Waals surface area contributed by atoms with Gasteiger partial charge in [0.2, 0.25) is 5.82 Å². The number of carbonyl (C=O) groups excluding carboxylic acids is 1. The number of nitrogens with one attached hydrogen (secondary N) is 1. The molecule has 37 heavy (non-hydrogen) atoms. The zero-order valence-corrected chi connectivity index (χ0v) is 20.1. The van der Waals surface area contributed by atoms with E-state index < -0.39 is 29.1 Å². The Hall–Kier alpha value is -4.05. The number of carbonyl (C=O) groups is 1. The lowest BCUT2D eigenvalue weighted by Gasteiger charge is -2.27. The summed E-state index contributed by atoms with van der Waals surface area (Å²) in [6, 6.07) is 14.4. The lowest BCUT2D eigenvalue weighted by molar-refractivity contribution is -0.313. The van der Waals surface area contributed by atoms with Crippen LogP contribution >= 0.6 is 0 Å². The van der Waals surface area contributed by atoms with Gasteiger partial charge in [-0.05, 0) is 73.4 Å². The highest BCUT2D eigenvalue weighted by Gasteiger charge is 2.35. The van der Waals surface area contributed by atoms with Crippen LogP contribution < -0.4 is 10.4 Å². The minimum absolute atomic E-state index is 0.00571. The highest BCUT2D eigenvalue weighted by molar-refractivity contribution is 5.76. The first kappa shape index (κ1) is 26.0. The largest absolute Gasteiger partial charge is 0.548 e. The number of halogens is 4. The minimum Gasteiger partial charge on any atom is -0.548 e. The fourth-order valence-electron chi connectivity index (χ4n) is 3.76. The summed E-state index contributed by atoms with van der Waals surface area (Å²) in [5.74, 6) is -2.15. The molecule has 192 valence electrons. The summed E-state index contributed by atoms with van der Waals surface area (Å²) >= 11 is 0. The number of hydrogen-bond donors (Lipinski definition) is 1. The Morgan fingerprint density at radius 1 is 1.00 bits per heavy atom. The number of nitrogens with zero attached hydrogens (tertiary/aromatic N) is 2. The highest BCUT2D eigenvalue weighted by Crippen LogP contribution is 2.40. The van der Waals surface area contributed by atoms with Crippen molar-refractivity contribution < 1.29 is 32.0 Å². The van der Waals surface area contributed by atoms with Crippen molar-refractivity contribution >= 4 is 5.97 Å². The average molecular weight is 512 g/mol. The molecular formula is C27H22F4N3O3-. The van der Waals surface area contributed by atoms with Gasteiger partial charge in [0.25, 0.3) is 5.89 Å². The fourth-order valence-corrected chi connectivity index (χ4v) is 3.76. The molecule has 10 heteroatoms. The van der Waals surface area contributed by atoms with E-state index in [2.05, 4.69) is 15.5 Å². The van der Waals surface area contributed by atoms with Gasteiger partial charge in [-0.3, -0.25) is 0 Å². The summed E-state index contributed by atoms with van der Waals surface area (Å²) < 4.78 is 61.4. The zero-order valence-electron chi connectivity index (χ0n) is 20.1. The van der Waals surface area contributed by atoms with E-state index in [9.17, 15) is 27.5 Å². The lowest BCUT2D eigenvalue weighted by atomic mass is 9.94. The van der Waals surface area contributed by atoms with Gasteiger partial charge in [0.05, 0.1) is 17.1 Å². The third-order valence-electron chi connectivity index (χ3n) is 5.89. The molecule has 1 N–H and O–H groups in total. The second-order valence-corrected chi connectivity index (χ2v) is 9.11. The van der Waals surface area contributed by atoms with E-state index in [1.807, 2.05) is 0 Å². The van der Waals surface area contributed by atoms with Gasteiger partial charge in [-0.15, -0.1) is 0 Å². The van der Waals surface area contributed by atoms with Crippen molar-refractivity contribution in [2.45, 2.75) is 39.0 Å². The maximum absolute atomic E-state index is 14.3. The molecule has 4 rings (SSSR count). The Balaban J connectivity index is 1.67. The zero-order chi connectivity index (χ0) is 27.0. The van der Waals surface area contributed by atoms with Crippen LogP contribution in [0.4, 0.5) is 17.6 Å². The second kappa shape index (κ2) is 9.78. The van der Waals surface area contributed by atoms with Gasteiger partial charge < -0.3 is 19.7 Å². The monoisotopic (exact) mass is 512 g/mol. The number of aromatic nitrogens is 2. The number of benzene rings is 3. The summed E-state index contributed by atoms with van der Waals surface area (Å²) in [5, 5.41) is 17.8. The van der Waals surface area contributed by atoms with E-state index >= 15 is 0 Å². The van der Waals surface area contributed by atoms with Crippen molar-refractivity contribution in [2.75, 3.05) is 0 Å². The van der Waals surface area contributed by atoms with Crippen LogP contribution in [0.2, 0.25) is 0 Å². The molecule has 1 aromatic heterocycles. The molecule has 1 heterocycles. The molecule has 0 aliphatic rings. The number of carboxylic acids is 1. The maximum atomic E-state index is 14.3. The summed E-state index contributed by atoms with van der Waals surface area (Å²) in [5.41, 5.74) is -0.368. The predicted molar refractivity (Wildman–Crippen MR) is 126 cm³/mol. The van der Waals surface area contributed by atoms with Gasteiger partial charge in [-0.2, -0.15) is 18.2 Å². The maximum Gasteiger partial charge on any atom is 0.417 e. The van der Waals surface area contributed by atoms with E-state index in [-0.39, 0.29) is 35.0 Å². The first-order valence-corrected chi connectivity index (χ1v) is 11.2. The van der Waals surface area contributed by atoms with Crippen molar-refractivity contribution in [3.63, 3.8) is 0 Å². The van der Waals surface area contributed by atoms with E-state index in [0.29, 0.717) is 16.7 Å². The molecule has 0 atom stereocenters. The minimum atomic E-state index is -4.64. The van der Waals surface area contributed by atoms with Crippen LogP contribution in [0.1, 0.15) is 30.5 Å². The van der Waals surface area contributed by atoms with Crippen LogP contribution in [0.3, 0.4) is 0 Å². The second-order valence-electron chi connectivity index (χ2n) is 9.11. The third-order valence-corrected chi connectivity index (χ3v) is 5.89. The molecule has 4 aromatic rings. The van der Waals surface area contributed by atoms with Gasteiger partial charge in [0.15, 0.2) is 0 Å². The molecular weight excluding hydrogens is 490 g/mol. The van der Waals surface area contributed by atoms with Gasteiger partial charge in [-0.25, -0.2) is 4.39 Å². The van der Waals surface area contributed by atoms with E-state index in [4.69, 9.17) is 4.52 Å². The Labute approximate surface area is 210 Å². The summed E-state index contributed by atoms with van der Waals surface area (Å²) in [6.07, 6.45) is -4.64. The number of carboxylic acid groups (broad SMARTS) is 1. The summed E-state index contributed by atoms with van der Waals surface area (Å²) in [6.45, 7) is 4.56. The van der Waals surface area contributed by atoms with Crippen molar-refractivity contribution in [3.05, 3.63) is 83.2 Å². The first-order chi connectivity index (χ1) is 17.3. The van der Waals surface area contributed by atoms with Crippen LogP contribution in [-0.4, -0.2) is 21.6 Å². The topological polar surface area (TPSA) is 91.1 Å². The number of hydrogen-bond acceptors (Lipinski definition) is 6. The van der Waals surface area contributed by atoms with Gasteiger partial charge in [-0.1, -0.05) is 35.5 Å². The molecule has 0 bridgehead atoms. The van der Waals surface area contributed by atoms with Crippen molar-refractivity contribution in [2.24, 2.45) is 0 Å². The van der Waals surface area contributed by atoms with Crippen LogP contribution in [0, 0.1) is 12.7 Å². The number of alkyl halides is 3. The Morgan fingerprint density at radius 2 is 1.73 bits per heavy atom. The standard InChI is InChI=1S/C27H23F4N3O3/c1-15-6-4-5-7-20(15)21-9-8-17(13-22(21)27(29,30)31)24-33-23(34-37-24)18-10-16(11-19(28)12-18)14-32-26(2,3)25(35)36/h4-13,32H,14H2,1-3H3,(H,35,36)/p-1. The first-order valence-electron chi connectivity index (χ1n) is 11.2. The van der Waals surface area contributed by atoms with Crippen molar-refractivity contribution in [1.29, 1.82) is 0 Å². The van der Waals surface area contributed by atoms with E-state index in [1.54, 1.807) is 31.2 Å². The van der Waals surface area contributed by atoms with Gasteiger partial charge in [0, 0.05) is 17.7 Å². The molecule has 0 saturated heterocycles. The fraction of sp³-hybridized carbons (Fsp3) is 0.222. The summed E-state index contributed by atoms with van der Waals surface area (Å²) in [7, 11) is 0. The van der Waals surface area contributed by atoms with E-state index in [0.717, 1.165) is 12.1 Å². The van der Waals surface area contributed by atoms with Crippen molar-refractivity contribution in [3.8, 4) is 34.0 Å². The van der Waals surface area contributed by atoms with Crippen LogP contribution in [0.15, 0.2) is 65.2 Å². The Bertz CT molecular complexity index is 1460. The molecule has 0 radical (unpaired) electrons. The highest BCUT2D eigenvalue weighted by atomic mass is 19.4. The van der Waals surface area contributed by atoms with E-state index in [1.165, 1.54) is 38.1 Å². The molecule has 0 fully saturated rings. The molecule has 0 unspecified atom stereocenters. The molecule has 0 aliphatic carbocycles. The predicted octanol–water partition coefficient (Wildman–Crippen LogP) is 5.16.